The normalized spacial score (nSPS) is 16.6. The number of likely N-dealkylation sites (tertiary alicyclic amines) is 1. The molecule has 2 fully saturated rings. The molecule has 0 atom stereocenters. The Labute approximate surface area is 243 Å². The van der Waals surface area contributed by atoms with Crippen LogP contribution >= 0.6 is 11.6 Å². The number of anilines is 2. The summed E-state index contributed by atoms with van der Waals surface area (Å²) in [7, 11) is 1.56. The lowest BCUT2D eigenvalue weighted by molar-refractivity contribution is -0.135. The summed E-state index contributed by atoms with van der Waals surface area (Å²) in [5.74, 6) is 1.54. The Balaban J connectivity index is 1.16. The SMILES string of the molecule is COc1cc2c(Nc3ccc(Cl)cc3F)ncnc2cc1OCC1CCN(C(=O)CN2CCN(C(C)=O)CC2)CC1. The van der Waals surface area contributed by atoms with E-state index in [1.165, 1.54) is 12.4 Å². The molecule has 2 saturated heterocycles. The number of hydrogen-bond donors (Lipinski definition) is 1. The van der Waals surface area contributed by atoms with Crippen LogP contribution < -0.4 is 14.8 Å². The van der Waals surface area contributed by atoms with E-state index in [1.807, 2.05) is 9.80 Å². The number of rotatable bonds is 8. The van der Waals surface area contributed by atoms with E-state index < -0.39 is 5.82 Å². The maximum Gasteiger partial charge on any atom is 0.236 e. The number of methoxy groups -OCH3 is 1. The highest BCUT2D eigenvalue weighted by Gasteiger charge is 2.27. The topological polar surface area (TPSA) is 100 Å². The van der Waals surface area contributed by atoms with Crippen LogP contribution in [0.25, 0.3) is 10.9 Å². The quantitative estimate of drug-likeness (QED) is 0.425. The van der Waals surface area contributed by atoms with Gasteiger partial charge in [0.1, 0.15) is 18.0 Å². The number of piperidine rings is 1. The molecule has 1 N–H and O–H groups in total. The molecular formula is C29H34ClFN6O4. The Kier molecular flexibility index (Phi) is 9.04. The Morgan fingerprint density at radius 3 is 2.46 bits per heavy atom. The van der Waals surface area contributed by atoms with Crippen molar-refractivity contribution in [2.24, 2.45) is 5.92 Å². The van der Waals surface area contributed by atoms with Crippen molar-refractivity contribution in [3.8, 4) is 11.5 Å². The molecule has 5 rings (SSSR count). The molecule has 3 heterocycles. The van der Waals surface area contributed by atoms with Crippen LogP contribution in [0.15, 0.2) is 36.7 Å². The number of aromatic nitrogens is 2. The summed E-state index contributed by atoms with van der Waals surface area (Å²) in [4.78, 5) is 38.9. The van der Waals surface area contributed by atoms with Crippen LogP contribution in [-0.4, -0.2) is 96.0 Å². The van der Waals surface area contributed by atoms with E-state index in [2.05, 4.69) is 20.2 Å². The molecule has 0 radical (unpaired) electrons. The number of piperazine rings is 1. The van der Waals surface area contributed by atoms with Crippen molar-refractivity contribution in [3.63, 3.8) is 0 Å². The van der Waals surface area contributed by atoms with Gasteiger partial charge >= 0.3 is 0 Å². The molecule has 0 bridgehead atoms. The lowest BCUT2D eigenvalue weighted by Gasteiger charge is -2.36. The zero-order valence-electron chi connectivity index (χ0n) is 23.2. The fraction of sp³-hybridized carbons (Fsp3) is 0.448. The lowest BCUT2D eigenvalue weighted by atomic mass is 9.97. The van der Waals surface area contributed by atoms with E-state index in [4.69, 9.17) is 21.1 Å². The Bertz CT molecular complexity index is 1410. The van der Waals surface area contributed by atoms with E-state index in [1.54, 1.807) is 38.3 Å². The van der Waals surface area contributed by atoms with Gasteiger partial charge in [-0.05, 0) is 43.0 Å². The number of ether oxygens (including phenoxy) is 2. The minimum atomic E-state index is -0.489. The average Bonchev–Trinajstić information content (AvgIpc) is 2.97. The van der Waals surface area contributed by atoms with E-state index in [0.29, 0.717) is 78.5 Å². The van der Waals surface area contributed by atoms with E-state index in [9.17, 15) is 14.0 Å². The summed E-state index contributed by atoms with van der Waals surface area (Å²) in [6.07, 6.45) is 3.11. The van der Waals surface area contributed by atoms with Crippen LogP contribution in [0.5, 0.6) is 11.5 Å². The van der Waals surface area contributed by atoms with Crippen molar-refractivity contribution < 1.29 is 23.5 Å². The highest BCUT2D eigenvalue weighted by atomic mass is 35.5. The highest BCUT2D eigenvalue weighted by Crippen LogP contribution is 2.36. The molecule has 2 aliphatic rings. The minimum Gasteiger partial charge on any atom is -0.493 e. The summed E-state index contributed by atoms with van der Waals surface area (Å²) in [6.45, 7) is 6.65. The van der Waals surface area contributed by atoms with E-state index in [-0.39, 0.29) is 17.5 Å². The second-order valence-corrected chi connectivity index (χ2v) is 10.8. The van der Waals surface area contributed by atoms with Gasteiger partial charge in [0, 0.05) is 62.7 Å². The molecule has 1 aromatic heterocycles. The minimum absolute atomic E-state index is 0.0856. The first kappa shape index (κ1) is 28.8. The first-order chi connectivity index (χ1) is 19.8. The molecule has 0 spiro atoms. The first-order valence-electron chi connectivity index (χ1n) is 13.7. The van der Waals surface area contributed by atoms with Gasteiger partial charge in [-0.3, -0.25) is 14.5 Å². The van der Waals surface area contributed by atoms with E-state index >= 15 is 0 Å². The fourth-order valence-corrected chi connectivity index (χ4v) is 5.38. The largest absolute Gasteiger partial charge is 0.493 e. The molecule has 41 heavy (non-hydrogen) atoms. The Hall–Kier alpha value is -3.70. The maximum atomic E-state index is 14.4. The summed E-state index contributed by atoms with van der Waals surface area (Å²) in [5, 5.41) is 3.97. The molecule has 12 heteroatoms. The van der Waals surface area contributed by atoms with Gasteiger partial charge in [-0.2, -0.15) is 0 Å². The Morgan fingerprint density at radius 1 is 1.02 bits per heavy atom. The van der Waals surface area contributed by atoms with Crippen molar-refractivity contribution >= 4 is 45.8 Å². The number of hydrogen-bond acceptors (Lipinski definition) is 8. The summed E-state index contributed by atoms with van der Waals surface area (Å²) >= 11 is 5.87. The van der Waals surface area contributed by atoms with Crippen LogP contribution in [-0.2, 0) is 9.59 Å². The zero-order chi connectivity index (χ0) is 28.9. The molecule has 2 aliphatic heterocycles. The van der Waals surface area contributed by atoms with Gasteiger partial charge in [0.15, 0.2) is 11.5 Å². The first-order valence-corrected chi connectivity index (χ1v) is 14.1. The second kappa shape index (κ2) is 12.9. The summed E-state index contributed by atoms with van der Waals surface area (Å²) < 4.78 is 26.2. The third kappa shape index (κ3) is 6.97. The smallest absolute Gasteiger partial charge is 0.236 e. The van der Waals surface area contributed by atoms with E-state index in [0.717, 1.165) is 25.9 Å². The van der Waals surface area contributed by atoms with Gasteiger partial charge in [-0.15, -0.1) is 0 Å². The lowest BCUT2D eigenvalue weighted by Crippen LogP contribution is -2.52. The predicted octanol–water partition coefficient (Wildman–Crippen LogP) is 3.96. The summed E-state index contributed by atoms with van der Waals surface area (Å²) in [6, 6.07) is 7.96. The standard InChI is InChI=1S/C29H34ClFN6O4/c1-19(38)36-11-9-35(10-12-36)16-28(39)37-7-5-20(6-8-37)17-41-27-15-25-22(14-26(27)40-2)29(33-18-32-25)34-24-4-3-21(30)13-23(24)31/h3-4,13-15,18,20H,5-12,16-17H2,1-2H3,(H,32,33,34). The van der Waals surface area contributed by atoms with Crippen LogP contribution in [0.3, 0.4) is 0 Å². The number of halogens is 2. The van der Waals surface area contributed by atoms with Gasteiger partial charge in [0.05, 0.1) is 31.5 Å². The number of nitrogens with zero attached hydrogens (tertiary/aromatic N) is 5. The molecule has 2 aromatic carbocycles. The van der Waals surface area contributed by atoms with Crippen LogP contribution in [0, 0.1) is 11.7 Å². The molecule has 0 aliphatic carbocycles. The van der Waals surface area contributed by atoms with Crippen molar-refractivity contribution in [3.05, 3.63) is 47.5 Å². The molecule has 0 unspecified atom stereocenters. The number of carbonyl (C=O) groups excluding carboxylic acids is 2. The van der Waals surface area contributed by atoms with Crippen molar-refractivity contribution in [2.45, 2.75) is 19.8 Å². The van der Waals surface area contributed by atoms with Gasteiger partial charge in [0.2, 0.25) is 11.8 Å². The number of fused-ring (bicyclic) bond motifs is 1. The van der Waals surface area contributed by atoms with Crippen molar-refractivity contribution in [1.82, 2.24) is 24.7 Å². The number of nitrogens with one attached hydrogen (secondary N) is 1. The van der Waals surface area contributed by atoms with Gasteiger partial charge in [-0.25, -0.2) is 14.4 Å². The van der Waals surface area contributed by atoms with Gasteiger partial charge in [-0.1, -0.05) is 11.6 Å². The van der Waals surface area contributed by atoms with Crippen molar-refractivity contribution in [2.75, 3.05) is 64.8 Å². The number of benzene rings is 2. The highest BCUT2D eigenvalue weighted by molar-refractivity contribution is 6.30. The molecular weight excluding hydrogens is 551 g/mol. The monoisotopic (exact) mass is 584 g/mol. The summed E-state index contributed by atoms with van der Waals surface area (Å²) in [5.41, 5.74) is 0.867. The molecule has 10 nitrogen and oxygen atoms in total. The van der Waals surface area contributed by atoms with Crippen molar-refractivity contribution in [1.29, 1.82) is 0 Å². The van der Waals surface area contributed by atoms with Crippen LogP contribution in [0.4, 0.5) is 15.9 Å². The third-order valence-electron chi connectivity index (χ3n) is 7.72. The van der Waals surface area contributed by atoms with Crippen LogP contribution in [0.1, 0.15) is 19.8 Å². The third-order valence-corrected chi connectivity index (χ3v) is 7.96. The predicted molar refractivity (Wildman–Crippen MR) is 154 cm³/mol. The zero-order valence-corrected chi connectivity index (χ0v) is 24.0. The number of carbonyl (C=O) groups is 2. The Morgan fingerprint density at radius 2 is 1.78 bits per heavy atom. The van der Waals surface area contributed by atoms with Crippen LogP contribution in [0.2, 0.25) is 5.02 Å². The second-order valence-electron chi connectivity index (χ2n) is 10.4. The number of amides is 2. The van der Waals surface area contributed by atoms with Gasteiger partial charge < -0.3 is 24.6 Å². The molecule has 2 amide bonds. The molecule has 3 aromatic rings. The fourth-order valence-electron chi connectivity index (χ4n) is 5.22. The molecule has 218 valence electrons. The molecule has 0 saturated carbocycles. The average molecular weight is 585 g/mol. The maximum absolute atomic E-state index is 14.4. The van der Waals surface area contributed by atoms with Gasteiger partial charge in [0.25, 0.3) is 0 Å².